The normalized spacial score (nSPS) is 20.3. The Bertz CT molecular complexity index is 525. The second-order valence-electron chi connectivity index (χ2n) is 5.28. The Kier molecular flexibility index (Phi) is 2.97. The first-order chi connectivity index (χ1) is 8.33. The van der Waals surface area contributed by atoms with Crippen molar-refractivity contribution in [2.45, 2.75) is 19.5 Å². The van der Waals surface area contributed by atoms with Gasteiger partial charge in [0.15, 0.2) is 5.78 Å². The molecule has 0 amide bonds. The highest BCUT2D eigenvalue weighted by Crippen LogP contribution is 2.33. The van der Waals surface area contributed by atoms with Crippen LogP contribution in [0.4, 0.5) is 0 Å². The van der Waals surface area contributed by atoms with Gasteiger partial charge in [0.2, 0.25) is 0 Å². The van der Waals surface area contributed by atoms with Gasteiger partial charge in [0.1, 0.15) is 0 Å². The smallest absolute Gasteiger partial charge is 0.192 e. The van der Waals surface area contributed by atoms with Crippen molar-refractivity contribution in [3.05, 3.63) is 59.7 Å². The lowest BCUT2D eigenvalue weighted by Gasteiger charge is -2.39. The van der Waals surface area contributed by atoms with Gasteiger partial charge in [-0.15, -0.1) is 0 Å². The highest BCUT2D eigenvalue weighted by atomic mass is 16.1. The highest BCUT2D eigenvalue weighted by Gasteiger charge is 2.37. The van der Waals surface area contributed by atoms with Crippen molar-refractivity contribution in [2.75, 3.05) is 0 Å². The number of hydrogen-bond acceptors (Lipinski definition) is 3. The fourth-order valence-corrected chi connectivity index (χ4v) is 1.90. The zero-order valence-electron chi connectivity index (χ0n) is 10.7. The Morgan fingerprint density at radius 3 is 2.28 bits per heavy atom. The first kappa shape index (κ1) is 12.7. The molecule has 0 saturated carbocycles. The number of carbonyl (C=O) groups is 1. The van der Waals surface area contributed by atoms with Crippen LogP contribution in [0.25, 0.3) is 0 Å². The summed E-state index contributed by atoms with van der Waals surface area (Å²) in [5.41, 5.74) is 11.9. The van der Waals surface area contributed by atoms with Crippen molar-refractivity contribution in [3.8, 4) is 0 Å². The van der Waals surface area contributed by atoms with Crippen molar-refractivity contribution in [1.82, 2.24) is 0 Å². The van der Waals surface area contributed by atoms with Gasteiger partial charge in [-0.2, -0.15) is 0 Å². The van der Waals surface area contributed by atoms with Crippen LogP contribution < -0.4 is 11.5 Å². The quantitative estimate of drug-likeness (QED) is 0.615. The monoisotopic (exact) mass is 242 g/mol. The van der Waals surface area contributed by atoms with E-state index in [1.165, 1.54) is 0 Å². The molecule has 0 bridgehead atoms. The van der Waals surface area contributed by atoms with Crippen LogP contribution in [0, 0.1) is 5.41 Å². The average molecular weight is 242 g/mol. The Balaban J connectivity index is 2.35. The van der Waals surface area contributed by atoms with Gasteiger partial charge in [0, 0.05) is 16.6 Å². The van der Waals surface area contributed by atoms with Crippen LogP contribution in [-0.4, -0.2) is 11.4 Å². The van der Waals surface area contributed by atoms with Crippen LogP contribution in [-0.2, 0) is 0 Å². The van der Waals surface area contributed by atoms with E-state index in [1.807, 2.05) is 38.1 Å². The minimum Gasteiger partial charge on any atom is -0.309 e. The van der Waals surface area contributed by atoms with Crippen LogP contribution in [0.1, 0.15) is 24.2 Å². The summed E-state index contributed by atoms with van der Waals surface area (Å²) < 4.78 is 0. The third-order valence-corrected chi connectivity index (χ3v) is 3.47. The van der Waals surface area contributed by atoms with Gasteiger partial charge in [-0.05, 0) is 6.08 Å². The van der Waals surface area contributed by atoms with Gasteiger partial charge >= 0.3 is 0 Å². The Labute approximate surface area is 107 Å². The number of Topliss-reactive ketones (excluding diaryl/α,β-unsaturated/α-hetero) is 1. The van der Waals surface area contributed by atoms with Gasteiger partial charge < -0.3 is 11.5 Å². The number of carbonyl (C=O) groups excluding carboxylic acids is 1. The summed E-state index contributed by atoms with van der Waals surface area (Å²) >= 11 is 0. The molecule has 0 aliphatic heterocycles. The van der Waals surface area contributed by atoms with E-state index in [1.54, 1.807) is 24.3 Å². The molecule has 18 heavy (non-hydrogen) atoms. The van der Waals surface area contributed by atoms with Crippen LogP contribution in [0.3, 0.4) is 0 Å². The molecule has 0 unspecified atom stereocenters. The summed E-state index contributed by atoms with van der Waals surface area (Å²) in [5, 5.41) is 0. The second kappa shape index (κ2) is 4.19. The molecule has 1 aromatic rings. The summed E-state index contributed by atoms with van der Waals surface area (Å²) in [7, 11) is 0. The molecule has 1 aromatic carbocycles. The summed E-state index contributed by atoms with van der Waals surface area (Å²) in [6, 6.07) is 9.19. The van der Waals surface area contributed by atoms with E-state index in [2.05, 4.69) is 0 Å². The summed E-state index contributed by atoms with van der Waals surface area (Å²) in [5.74, 6) is -0.00424. The zero-order chi connectivity index (χ0) is 13.4. The van der Waals surface area contributed by atoms with E-state index in [4.69, 9.17) is 11.5 Å². The lowest BCUT2D eigenvalue weighted by atomic mass is 9.74. The molecule has 4 N–H and O–H groups in total. The van der Waals surface area contributed by atoms with E-state index < -0.39 is 11.1 Å². The van der Waals surface area contributed by atoms with Crippen molar-refractivity contribution >= 4 is 5.78 Å². The van der Waals surface area contributed by atoms with Crippen LogP contribution in [0.5, 0.6) is 0 Å². The Morgan fingerprint density at radius 2 is 1.72 bits per heavy atom. The molecule has 0 aromatic heterocycles. The van der Waals surface area contributed by atoms with E-state index in [0.29, 0.717) is 11.1 Å². The molecule has 0 saturated heterocycles. The molecule has 0 atom stereocenters. The fraction of sp³-hybridized carbons (Fsp3) is 0.267. The largest absolute Gasteiger partial charge is 0.309 e. The van der Waals surface area contributed by atoms with Crippen molar-refractivity contribution in [1.29, 1.82) is 0 Å². The number of allylic oxidation sites excluding steroid dienone is 2. The van der Waals surface area contributed by atoms with Gasteiger partial charge in [-0.25, -0.2) is 0 Å². The van der Waals surface area contributed by atoms with Crippen LogP contribution in [0.2, 0.25) is 0 Å². The van der Waals surface area contributed by atoms with Gasteiger partial charge in [-0.1, -0.05) is 56.3 Å². The van der Waals surface area contributed by atoms with Crippen molar-refractivity contribution in [3.63, 3.8) is 0 Å². The third-order valence-electron chi connectivity index (χ3n) is 3.47. The minimum atomic E-state index is -0.923. The number of rotatable bonds is 2. The molecule has 2 rings (SSSR count). The number of ketones is 1. The number of nitrogens with two attached hydrogens (primary N) is 2. The highest BCUT2D eigenvalue weighted by molar-refractivity contribution is 6.10. The second-order valence-corrected chi connectivity index (χ2v) is 5.28. The van der Waals surface area contributed by atoms with E-state index in [-0.39, 0.29) is 5.78 Å². The summed E-state index contributed by atoms with van der Waals surface area (Å²) in [6.07, 6.45) is 5.26. The average Bonchev–Trinajstić information content (AvgIpc) is 2.33. The maximum absolute atomic E-state index is 12.3. The molecule has 0 heterocycles. The standard InChI is InChI=1S/C15H18N2O/c1-14(2)10-12(8-9-15(14,16)17)13(18)11-6-4-3-5-7-11/h3-10H,16-17H2,1-2H3. The van der Waals surface area contributed by atoms with Crippen LogP contribution in [0.15, 0.2) is 54.1 Å². The molecule has 3 nitrogen and oxygen atoms in total. The maximum Gasteiger partial charge on any atom is 0.192 e. The predicted octanol–water partition coefficient (Wildman–Crippen LogP) is 2.01. The van der Waals surface area contributed by atoms with Gasteiger partial charge in [0.25, 0.3) is 0 Å². The lowest BCUT2D eigenvalue weighted by Crippen LogP contribution is -2.59. The molecule has 0 fully saturated rings. The first-order valence-corrected chi connectivity index (χ1v) is 5.93. The zero-order valence-corrected chi connectivity index (χ0v) is 10.7. The first-order valence-electron chi connectivity index (χ1n) is 5.93. The molecular formula is C15H18N2O. The summed E-state index contributed by atoms with van der Waals surface area (Å²) in [4.78, 5) is 12.3. The fourth-order valence-electron chi connectivity index (χ4n) is 1.90. The molecule has 0 radical (unpaired) electrons. The molecule has 94 valence electrons. The topological polar surface area (TPSA) is 69.1 Å². The SMILES string of the molecule is CC1(C)C=C(C(=O)c2ccccc2)C=CC1(N)N. The van der Waals surface area contributed by atoms with E-state index >= 15 is 0 Å². The van der Waals surface area contributed by atoms with Crippen molar-refractivity contribution < 1.29 is 4.79 Å². The van der Waals surface area contributed by atoms with E-state index in [0.717, 1.165) is 0 Å². The molecule has 3 heteroatoms. The van der Waals surface area contributed by atoms with E-state index in [9.17, 15) is 4.79 Å². The predicted molar refractivity (Wildman–Crippen MR) is 72.9 cm³/mol. The van der Waals surface area contributed by atoms with Crippen LogP contribution >= 0.6 is 0 Å². The van der Waals surface area contributed by atoms with Gasteiger partial charge in [0.05, 0.1) is 5.66 Å². The third kappa shape index (κ3) is 2.15. The molecule has 1 aliphatic carbocycles. The lowest BCUT2D eigenvalue weighted by molar-refractivity contribution is 0.103. The maximum atomic E-state index is 12.3. The van der Waals surface area contributed by atoms with Crippen molar-refractivity contribution in [2.24, 2.45) is 16.9 Å². The van der Waals surface area contributed by atoms with Gasteiger partial charge in [-0.3, -0.25) is 4.79 Å². The molecular weight excluding hydrogens is 224 g/mol. The number of benzene rings is 1. The summed E-state index contributed by atoms with van der Waals surface area (Å²) in [6.45, 7) is 3.85. The molecule has 1 aliphatic rings. The Hall–Kier alpha value is -1.71. The Morgan fingerprint density at radius 1 is 1.11 bits per heavy atom. The molecule has 0 spiro atoms. The minimum absolute atomic E-state index is 0.00424. The number of hydrogen-bond donors (Lipinski definition) is 2.